The maximum absolute atomic E-state index is 5.13. The molecule has 0 saturated heterocycles. The molecule has 0 aliphatic carbocycles. The SMILES string of the molecule is CCCCCCCCCCCCC=Cc1cccc(N=CC(CCCCCCCC)=Nc2cccc(C=CCCCCCCCCCCCC)c2)c1. The lowest BCUT2D eigenvalue weighted by molar-refractivity contribution is 0.558. The molecule has 0 bridgehead atoms. The second-order valence-electron chi connectivity index (χ2n) is 15.3. The lowest BCUT2D eigenvalue weighted by atomic mass is 10.1. The van der Waals surface area contributed by atoms with Gasteiger partial charge in [-0.3, -0.25) is 9.98 Å². The number of aliphatic imine (C=N–C) groups is 2. The van der Waals surface area contributed by atoms with Crippen LogP contribution in [0.25, 0.3) is 12.2 Å². The maximum Gasteiger partial charge on any atom is 0.0639 e. The molecule has 0 amide bonds. The predicted octanol–water partition coefficient (Wildman–Crippen LogP) is 17.6. The number of hydrogen-bond acceptors (Lipinski definition) is 2. The van der Waals surface area contributed by atoms with Gasteiger partial charge in [0, 0.05) is 6.21 Å². The molecule has 52 heavy (non-hydrogen) atoms. The monoisotopic (exact) mass is 709 g/mol. The molecule has 0 N–H and O–H groups in total. The van der Waals surface area contributed by atoms with E-state index in [1.807, 2.05) is 6.21 Å². The van der Waals surface area contributed by atoms with Gasteiger partial charge in [0.15, 0.2) is 0 Å². The summed E-state index contributed by atoms with van der Waals surface area (Å²) in [5, 5.41) is 0. The summed E-state index contributed by atoms with van der Waals surface area (Å²) in [6.07, 6.45) is 50.0. The van der Waals surface area contributed by atoms with E-state index in [-0.39, 0.29) is 0 Å². The van der Waals surface area contributed by atoms with Crippen molar-refractivity contribution in [3.63, 3.8) is 0 Å². The van der Waals surface area contributed by atoms with E-state index in [1.54, 1.807) is 0 Å². The smallest absolute Gasteiger partial charge is 0.0639 e. The molecule has 0 unspecified atom stereocenters. The fraction of sp³-hybridized carbons (Fsp3) is 0.640. The molecule has 0 aromatic heterocycles. The molecule has 2 rings (SSSR count). The standard InChI is InChI=1S/C50H80N2/c1-4-7-10-13-16-18-20-22-24-26-28-31-36-46-38-34-41-48(43-46)51-45-50(40-33-30-15-12-9-6-3)52-49-42-35-39-47(44-49)37-32-29-27-25-23-21-19-17-14-11-8-5-2/h31-32,34-39,41-45H,4-30,33,40H2,1-3H3. The van der Waals surface area contributed by atoms with Crippen LogP contribution in [0.1, 0.15) is 218 Å². The molecule has 0 heterocycles. The summed E-state index contributed by atoms with van der Waals surface area (Å²) in [5.74, 6) is 0. The molecular formula is C50H80N2. The number of unbranched alkanes of at least 4 members (excludes halogenated alkanes) is 25. The van der Waals surface area contributed by atoms with Crippen LogP contribution in [0.4, 0.5) is 11.4 Å². The normalized spacial score (nSPS) is 12.3. The molecule has 0 radical (unpaired) electrons. The van der Waals surface area contributed by atoms with Gasteiger partial charge in [-0.05, 0) is 73.9 Å². The third-order valence-corrected chi connectivity index (χ3v) is 10.2. The van der Waals surface area contributed by atoms with Crippen LogP contribution < -0.4 is 0 Å². The zero-order valence-corrected chi connectivity index (χ0v) is 34.4. The number of allylic oxidation sites excluding steroid dienone is 2. The van der Waals surface area contributed by atoms with E-state index in [0.717, 1.165) is 42.8 Å². The minimum Gasteiger partial charge on any atom is -0.255 e. The van der Waals surface area contributed by atoms with Gasteiger partial charge in [0.2, 0.25) is 0 Å². The highest BCUT2D eigenvalue weighted by atomic mass is 14.8. The topological polar surface area (TPSA) is 24.7 Å². The zero-order valence-electron chi connectivity index (χ0n) is 34.4. The van der Waals surface area contributed by atoms with Crippen LogP contribution in [0.5, 0.6) is 0 Å². The third-order valence-electron chi connectivity index (χ3n) is 10.2. The minimum atomic E-state index is 0.965. The highest BCUT2D eigenvalue weighted by molar-refractivity contribution is 6.31. The number of benzene rings is 2. The van der Waals surface area contributed by atoms with Crippen molar-refractivity contribution in [2.75, 3.05) is 0 Å². The Labute approximate surface area is 323 Å². The van der Waals surface area contributed by atoms with Crippen molar-refractivity contribution in [3.05, 3.63) is 71.8 Å². The van der Waals surface area contributed by atoms with Crippen LogP contribution in [-0.2, 0) is 0 Å². The molecule has 2 aromatic carbocycles. The quantitative estimate of drug-likeness (QED) is 0.0511. The molecule has 0 saturated carbocycles. The summed E-state index contributed by atoms with van der Waals surface area (Å²) in [6.45, 7) is 6.87. The Bertz CT molecular complexity index is 1220. The molecule has 0 fully saturated rings. The summed E-state index contributed by atoms with van der Waals surface area (Å²) in [6, 6.07) is 17.3. The van der Waals surface area contributed by atoms with Crippen LogP contribution in [-0.4, -0.2) is 11.9 Å². The van der Waals surface area contributed by atoms with Gasteiger partial charge in [0.1, 0.15) is 0 Å². The Kier molecular flexibility index (Phi) is 29.7. The Morgan fingerprint density at radius 3 is 1.29 bits per heavy atom. The van der Waals surface area contributed by atoms with Crippen LogP contribution in [0.3, 0.4) is 0 Å². The number of nitrogens with zero attached hydrogens (tertiary/aromatic N) is 2. The van der Waals surface area contributed by atoms with E-state index in [4.69, 9.17) is 9.98 Å². The average molecular weight is 709 g/mol. The summed E-state index contributed by atoms with van der Waals surface area (Å²) < 4.78 is 0. The largest absolute Gasteiger partial charge is 0.255 e. The van der Waals surface area contributed by atoms with Gasteiger partial charge in [-0.15, -0.1) is 0 Å². The molecule has 2 heteroatoms. The molecule has 0 spiro atoms. The average Bonchev–Trinajstić information content (AvgIpc) is 3.16. The van der Waals surface area contributed by atoms with Crippen molar-refractivity contribution < 1.29 is 0 Å². The predicted molar refractivity (Wildman–Crippen MR) is 237 cm³/mol. The van der Waals surface area contributed by atoms with E-state index >= 15 is 0 Å². The second-order valence-corrected chi connectivity index (χ2v) is 15.3. The summed E-state index contributed by atoms with van der Waals surface area (Å²) in [4.78, 5) is 10.1. The minimum absolute atomic E-state index is 0.965. The lowest BCUT2D eigenvalue weighted by Crippen LogP contribution is -2.00. The van der Waals surface area contributed by atoms with Gasteiger partial charge in [-0.1, -0.05) is 217 Å². The Hall–Kier alpha value is -2.74. The van der Waals surface area contributed by atoms with Gasteiger partial charge in [0.05, 0.1) is 17.1 Å². The lowest BCUT2D eigenvalue weighted by Gasteiger charge is -2.04. The van der Waals surface area contributed by atoms with Crippen LogP contribution in [0.2, 0.25) is 0 Å². The second kappa shape index (κ2) is 34.1. The van der Waals surface area contributed by atoms with Crippen molar-refractivity contribution in [1.82, 2.24) is 0 Å². The van der Waals surface area contributed by atoms with Crippen LogP contribution >= 0.6 is 0 Å². The van der Waals surface area contributed by atoms with Crippen molar-refractivity contribution in [3.8, 4) is 0 Å². The van der Waals surface area contributed by atoms with Gasteiger partial charge in [0.25, 0.3) is 0 Å². The summed E-state index contributed by atoms with van der Waals surface area (Å²) >= 11 is 0. The van der Waals surface area contributed by atoms with Crippen molar-refractivity contribution >= 4 is 35.5 Å². The van der Waals surface area contributed by atoms with Gasteiger partial charge in [-0.25, -0.2) is 0 Å². The Morgan fingerprint density at radius 1 is 0.442 bits per heavy atom. The fourth-order valence-electron chi connectivity index (χ4n) is 6.90. The van der Waals surface area contributed by atoms with Gasteiger partial charge >= 0.3 is 0 Å². The fourth-order valence-corrected chi connectivity index (χ4v) is 6.90. The van der Waals surface area contributed by atoms with Crippen LogP contribution in [0, 0.1) is 0 Å². The highest BCUT2D eigenvalue weighted by Crippen LogP contribution is 2.20. The van der Waals surface area contributed by atoms with E-state index in [0.29, 0.717) is 0 Å². The van der Waals surface area contributed by atoms with Crippen molar-refractivity contribution in [2.45, 2.75) is 207 Å². The molecule has 0 aliphatic rings. The Balaban J connectivity index is 1.86. The molecule has 2 nitrogen and oxygen atoms in total. The maximum atomic E-state index is 5.13. The number of hydrogen-bond donors (Lipinski definition) is 0. The number of rotatable bonds is 34. The van der Waals surface area contributed by atoms with Crippen molar-refractivity contribution in [1.29, 1.82) is 0 Å². The van der Waals surface area contributed by atoms with E-state index in [9.17, 15) is 0 Å². The van der Waals surface area contributed by atoms with E-state index < -0.39 is 0 Å². The molecule has 0 aliphatic heterocycles. The van der Waals surface area contributed by atoms with Gasteiger partial charge in [-0.2, -0.15) is 0 Å². The first-order chi connectivity index (χ1) is 25.7. The van der Waals surface area contributed by atoms with Crippen molar-refractivity contribution in [2.24, 2.45) is 9.98 Å². The van der Waals surface area contributed by atoms with Gasteiger partial charge < -0.3 is 0 Å². The first-order valence-electron chi connectivity index (χ1n) is 22.4. The molecule has 2 aromatic rings. The first-order valence-corrected chi connectivity index (χ1v) is 22.4. The highest BCUT2D eigenvalue weighted by Gasteiger charge is 2.01. The molecule has 290 valence electrons. The zero-order chi connectivity index (χ0) is 37.0. The molecule has 0 atom stereocenters. The third kappa shape index (κ3) is 26.1. The summed E-state index contributed by atoms with van der Waals surface area (Å²) in [5.41, 5.74) is 5.57. The van der Waals surface area contributed by atoms with E-state index in [2.05, 4.69) is 93.6 Å². The van der Waals surface area contributed by atoms with E-state index in [1.165, 1.54) is 172 Å². The summed E-state index contributed by atoms with van der Waals surface area (Å²) in [7, 11) is 0. The van der Waals surface area contributed by atoms with Crippen LogP contribution in [0.15, 0.2) is 70.7 Å². The molecular weight excluding hydrogens is 629 g/mol. The Morgan fingerprint density at radius 2 is 0.827 bits per heavy atom. The first kappa shape index (κ1) is 45.4.